The number of nitrogens with one attached hydrogen (secondary N) is 1. The fraction of sp³-hybridized carbons (Fsp3) is 0.0870. The second kappa shape index (κ2) is 7.98. The van der Waals surface area contributed by atoms with Crippen molar-refractivity contribution in [2.45, 2.75) is 0 Å². The van der Waals surface area contributed by atoms with E-state index in [0.717, 1.165) is 21.2 Å². The van der Waals surface area contributed by atoms with Crippen molar-refractivity contribution in [1.29, 1.82) is 0 Å². The van der Waals surface area contributed by atoms with Crippen LogP contribution in [0.2, 0.25) is 0 Å². The number of anilines is 1. The fourth-order valence-corrected chi connectivity index (χ4v) is 3.24. The van der Waals surface area contributed by atoms with E-state index in [1.54, 1.807) is 18.3 Å². The number of fused-ring (bicyclic) bond motifs is 1. The van der Waals surface area contributed by atoms with E-state index >= 15 is 0 Å². The Balaban J connectivity index is 1.43. The van der Waals surface area contributed by atoms with Crippen LogP contribution in [0, 0.1) is 0 Å². The second-order valence-corrected chi connectivity index (χ2v) is 6.69. The molecule has 1 aliphatic rings. The summed E-state index contributed by atoms with van der Waals surface area (Å²) in [7, 11) is 0. The minimum absolute atomic E-state index is 0.0796. The molecule has 0 aromatic heterocycles. The molecule has 1 saturated heterocycles. The number of hydrogen-bond donors (Lipinski definition) is 1. The lowest BCUT2D eigenvalue weighted by Gasteiger charge is -2.15. The Hall–Kier alpha value is -3.93. The van der Waals surface area contributed by atoms with Gasteiger partial charge in [0.2, 0.25) is 5.91 Å². The van der Waals surface area contributed by atoms with Crippen molar-refractivity contribution >= 4 is 40.4 Å². The standard InChI is InChI=1S/C23H19N3O3/c27-21(24-20-12-6-10-18-9-4-5-11-19(18)20)15-26-22(28)16-25(23(26)29)14-13-17-7-2-1-3-8-17/h1-14H,15-16H2,(H,24,27)/b14-13+. The third kappa shape index (κ3) is 4.01. The Bertz CT molecular complexity index is 1100. The van der Waals surface area contributed by atoms with Crippen molar-refractivity contribution in [3.05, 3.63) is 84.6 Å². The predicted molar refractivity (Wildman–Crippen MR) is 112 cm³/mol. The summed E-state index contributed by atoms with van der Waals surface area (Å²) in [6.45, 7) is -0.403. The number of hydrogen-bond acceptors (Lipinski definition) is 3. The highest BCUT2D eigenvalue weighted by Crippen LogP contribution is 2.23. The van der Waals surface area contributed by atoms with Gasteiger partial charge in [-0.3, -0.25) is 19.4 Å². The SMILES string of the molecule is O=C(CN1C(=O)CN(/C=C/c2ccccc2)C1=O)Nc1cccc2ccccc12. The van der Waals surface area contributed by atoms with Gasteiger partial charge in [0.15, 0.2) is 0 Å². The number of amides is 4. The third-order valence-corrected chi connectivity index (χ3v) is 4.70. The molecule has 0 atom stereocenters. The van der Waals surface area contributed by atoms with E-state index in [9.17, 15) is 14.4 Å². The van der Waals surface area contributed by atoms with E-state index in [0.29, 0.717) is 5.69 Å². The molecule has 0 unspecified atom stereocenters. The predicted octanol–water partition coefficient (Wildman–Crippen LogP) is 3.71. The number of urea groups is 1. The van der Waals surface area contributed by atoms with E-state index in [1.807, 2.05) is 66.7 Å². The van der Waals surface area contributed by atoms with Gasteiger partial charge in [0.1, 0.15) is 13.1 Å². The number of nitrogens with zero attached hydrogens (tertiary/aromatic N) is 2. The Labute approximate surface area is 168 Å². The van der Waals surface area contributed by atoms with E-state index in [4.69, 9.17) is 0 Å². The van der Waals surface area contributed by atoms with Crippen LogP contribution in [-0.2, 0) is 9.59 Å². The van der Waals surface area contributed by atoms with E-state index < -0.39 is 17.8 Å². The molecular weight excluding hydrogens is 366 g/mol. The first-order valence-electron chi connectivity index (χ1n) is 9.24. The summed E-state index contributed by atoms with van der Waals surface area (Å²) in [4.78, 5) is 39.6. The monoisotopic (exact) mass is 385 g/mol. The molecule has 4 rings (SSSR count). The molecule has 1 N–H and O–H groups in total. The number of carbonyl (C=O) groups excluding carboxylic acids is 3. The topological polar surface area (TPSA) is 69.7 Å². The van der Waals surface area contributed by atoms with Crippen molar-refractivity contribution in [3.63, 3.8) is 0 Å². The van der Waals surface area contributed by atoms with E-state index in [1.165, 1.54) is 4.90 Å². The van der Waals surface area contributed by atoms with Gasteiger partial charge in [-0.1, -0.05) is 66.7 Å². The highest BCUT2D eigenvalue weighted by molar-refractivity contribution is 6.08. The lowest BCUT2D eigenvalue weighted by Crippen LogP contribution is -2.38. The summed E-state index contributed by atoms with van der Waals surface area (Å²) in [5, 5.41) is 4.70. The number of benzene rings is 3. The van der Waals surface area contributed by atoms with Gasteiger partial charge in [-0.25, -0.2) is 4.79 Å². The summed E-state index contributed by atoms with van der Waals surface area (Å²) in [6, 6.07) is 22.2. The van der Waals surface area contributed by atoms with Gasteiger partial charge < -0.3 is 5.32 Å². The molecule has 144 valence electrons. The smallest absolute Gasteiger partial charge is 0.324 e. The van der Waals surface area contributed by atoms with Crippen LogP contribution >= 0.6 is 0 Å². The molecule has 1 fully saturated rings. The van der Waals surface area contributed by atoms with E-state index in [-0.39, 0.29) is 13.1 Å². The third-order valence-electron chi connectivity index (χ3n) is 4.70. The van der Waals surface area contributed by atoms with Gasteiger partial charge in [-0.05, 0) is 23.1 Å². The Morgan fingerprint density at radius 3 is 2.48 bits per heavy atom. The van der Waals surface area contributed by atoms with Crippen molar-refractivity contribution < 1.29 is 14.4 Å². The quantitative estimate of drug-likeness (QED) is 0.681. The minimum atomic E-state index is -0.504. The summed E-state index contributed by atoms with van der Waals surface area (Å²) in [5.41, 5.74) is 1.56. The van der Waals surface area contributed by atoms with Gasteiger partial charge in [-0.15, -0.1) is 0 Å². The zero-order valence-corrected chi connectivity index (χ0v) is 15.6. The average Bonchev–Trinajstić information content (AvgIpc) is 3.01. The molecule has 6 nitrogen and oxygen atoms in total. The molecule has 3 aromatic carbocycles. The Morgan fingerprint density at radius 1 is 0.931 bits per heavy atom. The van der Waals surface area contributed by atoms with Gasteiger partial charge in [0.25, 0.3) is 5.91 Å². The van der Waals surface area contributed by atoms with Gasteiger partial charge in [0, 0.05) is 17.3 Å². The molecule has 0 radical (unpaired) electrons. The van der Waals surface area contributed by atoms with E-state index in [2.05, 4.69) is 5.32 Å². The molecule has 0 saturated carbocycles. The maximum Gasteiger partial charge on any atom is 0.331 e. The molecule has 0 spiro atoms. The number of carbonyl (C=O) groups is 3. The highest BCUT2D eigenvalue weighted by Gasteiger charge is 2.36. The van der Waals surface area contributed by atoms with Gasteiger partial charge in [-0.2, -0.15) is 0 Å². The van der Waals surface area contributed by atoms with Crippen LogP contribution in [0.4, 0.5) is 10.5 Å². The molecule has 4 amide bonds. The molecule has 0 bridgehead atoms. The molecule has 6 heteroatoms. The Morgan fingerprint density at radius 2 is 1.66 bits per heavy atom. The summed E-state index contributed by atoms with van der Waals surface area (Å²) in [6.07, 6.45) is 3.32. The fourth-order valence-electron chi connectivity index (χ4n) is 3.24. The first-order valence-corrected chi connectivity index (χ1v) is 9.24. The second-order valence-electron chi connectivity index (χ2n) is 6.69. The van der Waals surface area contributed by atoms with Crippen LogP contribution in [0.25, 0.3) is 16.8 Å². The van der Waals surface area contributed by atoms with Crippen LogP contribution in [0.15, 0.2) is 79.0 Å². The zero-order valence-electron chi connectivity index (χ0n) is 15.6. The van der Waals surface area contributed by atoms with Crippen LogP contribution in [-0.4, -0.2) is 40.7 Å². The number of imide groups is 1. The van der Waals surface area contributed by atoms with Crippen LogP contribution < -0.4 is 5.32 Å². The maximum atomic E-state index is 12.5. The summed E-state index contributed by atoms with van der Waals surface area (Å²) in [5.74, 6) is -0.822. The molecule has 0 aliphatic carbocycles. The van der Waals surface area contributed by atoms with Crippen LogP contribution in [0.5, 0.6) is 0 Å². The lowest BCUT2D eigenvalue weighted by atomic mass is 10.1. The summed E-state index contributed by atoms with van der Waals surface area (Å²) >= 11 is 0. The zero-order chi connectivity index (χ0) is 20.2. The Kier molecular flexibility index (Phi) is 5.07. The van der Waals surface area contributed by atoms with Crippen LogP contribution in [0.1, 0.15) is 5.56 Å². The van der Waals surface area contributed by atoms with Gasteiger partial charge in [0.05, 0.1) is 0 Å². The first-order chi connectivity index (χ1) is 14.1. The minimum Gasteiger partial charge on any atom is -0.324 e. The van der Waals surface area contributed by atoms with Crippen molar-refractivity contribution in [2.75, 3.05) is 18.4 Å². The van der Waals surface area contributed by atoms with Crippen molar-refractivity contribution in [3.8, 4) is 0 Å². The normalized spacial score (nSPS) is 14.2. The first kappa shape index (κ1) is 18.4. The number of rotatable bonds is 5. The van der Waals surface area contributed by atoms with Gasteiger partial charge >= 0.3 is 6.03 Å². The lowest BCUT2D eigenvalue weighted by molar-refractivity contribution is -0.128. The molecule has 1 heterocycles. The molecule has 29 heavy (non-hydrogen) atoms. The molecular formula is C23H19N3O3. The van der Waals surface area contributed by atoms with Crippen molar-refractivity contribution in [2.24, 2.45) is 0 Å². The maximum absolute atomic E-state index is 12.5. The summed E-state index contributed by atoms with van der Waals surface area (Å²) < 4.78 is 0. The molecule has 1 aliphatic heterocycles. The largest absolute Gasteiger partial charge is 0.331 e. The van der Waals surface area contributed by atoms with Crippen LogP contribution in [0.3, 0.4) is 0 Å². The average molecular weight is 385 g/mol. The molecule has 3 aromatic rings. The van der Waals surface area contributed by atoms with Crippen molar-refractivity contribution in [1.82, 2.24) is 9.80 Å². The highest BCUT2D eigenvalue weighted by atomic mass is 16.2.